The number of hydrogen-bond acceptors (Lipinski definition) is 4. The molecule has 27 heavy (non-hydrogen) atoms. The molecule has 0 radical (unpaired) electrons. The van der Waals surface area contributed by atoms with Crippen molar-refractivity contribution in [2.45, 2.75) is 19.0 Å². The van der Waals surface area contributed by atoms with Gasteiger partial charge in [-0.15, -0.1) is 11.3 Å². The molecule has 2 aromatic rings. The van der Waals surface area contributed by atoms with E-state index in [4.69, 9.17) is 0 Å². The molecule has 9 heteroatoms. The maximum absolute atomic E-state index is 12.9. The van der Waals surface area contributed by atoms with Gasteiger partial charge in [0.2, 0.25) is 5.91 Å². The number of nitrogens with zero attached hydrogens (tertiary/aromatic N) is 2. The Morgan fingerprint density at radius 1 is 1.33 bits per heavy atom. The van der Waals surface area contributed by atoms with Crippen LogP contribution in [0.25, 0.3) is 11.3 Å². The van der Waals surface area contributed by atoms with E-state index < -0.39 is 11.7 Å². The number of halogens is 3. The molecule has 1 saturated heterocycles. The lowest BCUT2D eigenvalue weighted by molar-refractivity contribution is -0.137. The van der Waals surface area contributed by atoms with Crippen LogP contribution in [0, 0.1) is 5.92 Å². The molecule has 0 saturated carbocycles. The summed E-state index contributed by atoms with van der Waals surface area (Å²) in [6, 6.07) is 4.86. The second kappa shape index (κ2) is 7.67. The minimum absolute atomic E-state index is 0.101. The van der Waals surface area contributed by atoms with Crippen molar-refractivity contribution in [1.29, 1.82) is 0 Å². The third kappa shape index (κ3) is 4.29. The van der Waals surface area contributed by atoms with Crippen molar-refractivity contribution >= 4 is 23.2 Å². The molecule has 0 spiro atoms. The molecule has 5 nitrogen and oxygen atoms in total. The Hall–Kier alpha value is -2.42. The number of benzene rings is 1. The van der Waals surface area contributed by atoms with Gasteiger partial charge in [-0.3, -0.25) is 9.59 Å². The number of carbonyl (C=O) groups excluding carboxylic acids is 2. The Labute approximate surface area is 158 Å². The van der Waals surface area contributed by atoms with Crippen LogP contribution in [-0.4, -0.2) is 41.8 Å². The van der Waals surface area contributed by atoms with Crippen molar-refractivity contribution in [1.82, 2.24) is 15.2 Å². The smallest absolute Gasteiger partial charge is 0.359 e. The molecule has 1 aliphatic heterocycles. The first kappa shape index (κ1) is 19.3. The third-order valence-corrected chi connectivity index (χ3v) is 5.33. The van der Waals surface area contributed by atoms with Crippen molar-refractivity contribution in [3.63, 3.8) is 0 Å². The Morgan fingerprint density at radius 3 is 2.81 bits per heavy atom. The summed E-state index contributed by atoms with van der Waals surface area (Å²) in [5.74, 6) is -0.654. The van der Waals surface area contributed by atoms with Gasteiger partial charge in [0.25, 0.3) is 5.91 Å². The molecule has 2 heterocycles. The molecule has 1 aliphatic rings. The van der Waals surface area contributed by atoms with Gasteiger partial charge in [0.15, 0.2) is 5.01 Å². The average Bonchev–Trinajstić information content (AvgIpc) is 3.16. The zero-order valence-corrected chi connectivity index (χ0v) is 15.4. The van der Waals surface area contributed by atoms with Crippen LogP contribution in [0.4, 0.5) is 13.2 Å². The highest BCUT2D eigenvalue weighted by atomic mass is 32.1. The molecule has 144 valence electrons. The van der Waals surface area contributed by atoms with Crippen LogP contribution in [0.3, 0.4) is 0 Å². The summed E-state index contributed by atoms with van der Waals surface area (Å²) >= 11 is 1.09. The van der Waals surface area contributed by atoms with Crippen molar-refractivity contribution in [2.75, 3.05) is 20.1 Å². The zero-order valence-electron chi connectivity index (χ0n) is 14.5. The first-order chi connectivity index (χ1) is 12.8. The highest BCUT2D eigenvalue weighted by Crippen LogP contribution is 2.32. The minimum Gasteiger partial charge on any atom is -0.359 e. The summed E-state index contributed by atoms with van der Waals surface area (Å²) in [5.41, 5.74) is -0.123. The minimum atomic E-state index is -4.44. The molecule has 0 bridgehead atoms. The lowest BCUT2D eigenvalue weighted by Crippen LogP contribution is -2.44. The highest BCUT2D eigenvalue weighted by molar-refractivity contribution is 7.12. The zero-order chi connectivity index (χ0) is 19.6. The average molecular weight is 397 g/mol. The molecule has 3 rings (SSSR count). The Balaban J connectivity index is 1.77. The number of hydrogen-bond donors (Lipinski definition) is 1. The molecule has 1 atom stereocenters. The molecule has 1 fully saturated rings. The van der Waals surface area contributed by atoms with Crippen molar-refractivity contribution < 1.29 is 22.8 Å². The summed E-state index contributed by atoms with van der Waals surface area (Å²) in [6.07, 6.45) is -3.00. The predicted octanol–water partition coefficient (Wildman–Crippen LogP) is 3.43. The van der Waals surface area contributed by atoms with Gasteiger partial charge in [0.1, 0.15) is 0 Å². The molecule has 1 aromatic carbocycles. The number of amides is 2. The number of nitrogens with one attached hydrogen (secondary N) is 1. The number of likely N-dealkylation sites (tertiary alicyclic amines) is 1. The van der Waals surface area contributed by atoms with E-state index in [9.17, 15) is 22.8 Å². The van der Waals surface area contributed by atoms with Gasteiger partial charge < -0.3 is 10.2 Å². The SMILES string of the molecule is CNC(=O)C1CCCN(C(=O)c2nc(-c3cccc(C(F)(F)F)c3)cs2)C1. The summed E-state index contributed by atoms with van der Waals surface area (Å²) in [4.78, 5) is 30.3. The van der Waals surface area contributed by atoms with Crippen LogP contribution in [-0.2, 0) is 11.0 Å². The second-order valence-corrected chi connectivity index (χ2v) is 7.18. The topological polar surface area (TPSA) is 62.3 Å². The number of aromatic nitrogens is 1. The Morgan fingerprint density at radius 2 is 2.11 bits per heavy atom. The van der Waals surface area contributed by atoms with Gasteiger partial charge in [-0.25, -0.2) is 4.98 Å². The second-order valence-electron chi connectivity index (χ2n) is 6.32. The molecule has 0 aliphatic carbocycles. The van der Waals surface area contributed by atoms with Gasteiger partial charge in [-0.05, 0) is 25.0 Å². The Bertz CT molecular complexity index is 850. The standard InChI is InChI=1S/C18H18F3N3O2S/c1-22-15(25)12-5-3-7-24(9-12)17(26)16-23-14(10-27-16)11-4-2-6-13(8-11)18(19,20)21/h2,4,6,8,10,12H,3,5,7,9H2,1H3,(H,22,25). The van der Waals surface area contributed by atoms with Gasteiger partial charge in [-0.2, -0.15) is 13.2 Å². The van der Waals surface area contributed by atoms with E-state index in [1.807, 2.05) is 0 Å². The van der Waals surface area contributed by atoms with E-state index in [-0.39, 0.29) is 22.7 Å². The van der Waals surface area contributed by atoms with E-state index in [2.05, 4.69) is 10.3 Å². The van der Waals surface area contributed by atoms with E-state index in [0.717, 1.165) is 36.3 Å². The van der Waals surface area contributed by atoms with Gasteiger partial charge in [-0.1, -0.05) is 12.1 Å². The quantitative estimate of drug-likeness (QED) is 0.863. The van der Waals surface area contributed by atoms with Crippen molar-refractivity contribution in [3.05, 3.63) is 40.2 Å². The summed E-state index contributed by atoms with van der Waals surface area (Å²) in [5, 5.41) is 4.38. The summed E-state index contributed by atoms with van der Waals surface area (Å²) in [7, 11) is 1.56. The number of thiazole rings is 1. The normalized spacial score (nSPS) is 17.6. The van der Waals surface area contributed by atoms with Crippen molar-refractivity contribution in [3.8, 4) is 11.3 Å². The van der Waals surface area contributed by atoms with Crippen LogP contribution >= 0.6 is 11.3 Å². The molecular formula is C18H18F3N3O2S. The first-order valence-corrected chi connectivity index (χ1v) is 9.31. The van der Waals surface area contributed by atoms with Gasteiger partial charge in [0.05, 0.1) is 17.2 Å². The molecule has 1 unspecified atom stereocenters. The van der Waals surface area contributed by atoms with Crippen LogP contribution in [0.5, 0.6) is 0 Å². The van der Waals surface area contributed by atoms with E-state index in [0.29, 0.717) is 24.3 Å². The fourth-order valence-electron chi connectivity index (χ4n) is 3.07. The predicted molar refractivity (Wildman–Crippen MR) is 95.2 cm³/mol. The van der Waals surface area contributed by atoms with Gasteiger partial charge in [0, 0.05) is 31.1 Å². The molecule has 1 N–H and O–H groups in total. The lowest BCUT2D eigenvalue weighted by Gasteiger charge is -2.31. The summed E-state index contributed by atoms with van der Waals surface area (Å²) < 4.78 is 38.6. The number of alkyl halides is 3. The van der Waals surface area contributed by atoms with Crippen LogP contribution in [0.1, 0.15) is 28.2 Å². The largest absolute Gasteiger partial charge is 0.416 e. The molecular weight excluding hydrogens is 379 g/mol. The fraction of sp³-hybridized carbons (Fsp3) is 0.389. The lowest BCUT2D eigenvalue weighted by atomic mass is 9.97. The number of piperidine rings is 1. The highest BCUT2D eigenvalue weighted by Gasteiger charge is 2.31. The monoisotopic (exact) mass is 397 g/mol. The van der Waals surface area contributed by atoms with E-state index in [1.54, 1.807) is 17.3 Å². The first-order valence-electron chi connectivity index (χ1n) is 8.43. The van der Waals surface area contributed by atoms with Crippen LogP contribution in [0.15, 0.2) is 29.6 Å². The molecule has 1 aromatic heterocycles. The van der Waals surface area contributed by atoms with E-state index >= 15 is 0 Å². The number of carbonyl (C=O) groups is 2. The summed E-state index contributed by atoms with van der Waals surface area (Å²) in [6.45, 7) is 0.849. The van der Waals surface area contributed by atoms with E-state index in [1.165, 1.54) is 12.1 Å². The fourth-order valence-corrected chi connectivity index (χ4v) is 3.87. The maximum Gasteiger partial charge on any atom is 0.416 e. The molecule has 2 amide bonds. The number of rotatable bonds is 3. The maximum atomic E-state index is 12.9. The van der Waals surface area contributed by atoms with Crippen LogP contribution in [0.2, 0.25) is 0 Å². The Kier molecular flexibility index (Phi) is 5.50. The van der Waals surface area contributed by atoms with Crippen LogP contribution < -0.4 is 5.32 Å². The van der Waals surface area contributed by atoms with Crippen molar-refractivity contribution in [2.24, 2.45) is 5.92 Å². The van der Waals surface area contributed by atoms with Gasteiger partial charge >= 0.3 is 6.18 Å². The third-order valence-electron chi connectivity index (χ3n) is 4.50.